The topological polar surface area (TPSA) is 85.9 Å². The van der Waals surface area contributed by atoms with Crippen LogP contribution < -0.4 is 24.8 Å². The standard InChI is InChI=1S/C21H22N2O5/c24-20(22-11-17-12-27-18-6-1-2-7-19(18)28-17)13-26-16-5-3-4-15(10-16)23-21(25)14-8-9-14/h1-7,10,14,17H,8-9,11-13H2,(H,22,24)(H,23,25). The highest BCUT2D eigenvalue weighted by molar-refractivity contribution is 5.94. The molecule has 1 aliphatic heterocycles. The van der Waals surface area contributed by atoms with Gasteiger partial charge in [-0.15, -0.1) is 0 Å². The molecule has 1 fully saturated rings. The summed E-state index contributed by atoms with van der Waals surface area (Å²) in [6.07, 6.45) is 1.65. The number of rotatable bonds is 7. The number of nitrogens with one attached hydrogen (secondary N) is 2. The summed E-state index contributed by atoms with van der Waals surface area (Å²) >= 11 is 0. The van der Waals surface area contributed by atoms with E-state index in [4.69, 9.17) is 14.2 Å². The predicted molar refractivity (Wildman–Crippen MR) is 103 cm³/mol. The average molecular weight is 382 g/mol. The first kappa shape index (κ1) is 18.2. The summed E-state index contributed by atoms with van der Waals surface area (Å²) in [6.45, 7) is 0.582. The van der Waals surface area contributed by atoms with Crippen LogP contribution in [0.1, 0.15) is 12.8 Å². The van der Waals surface area contributed by atoms with Gasteiger partial charge in [-0.1, -0.05) is 18.2 Å². The molecule has 1 saturated carbocycles. The number of carbonyl (C=O) groups is 2. The lowest BCUT2D eigenvalue weighted by atomic mass is 10.2. The zero-order chi connectivity index (χ0) is 19.3. The first-order valence-electron chi connectivity index (χ1n) is 9.36. The maximum Gasteiger partial charge on any atom is 0.258 e. The van der Waals surface area contributed by atoms with Gasteiger partial charge in [0.15, 0.2) is 18.1 Å². The van der Waals surface area contributed by atoms with Crippen molar-refractivity contribution in [2.24, 2.45) is 5.92 Å². The number of fused-ring (bicyclic) bond motifs is 1. The third-order valence-corrected chi connectivity index (χ3v) is 4.51. The van der Waals surface area contributed by atoms with Crippen molar-refractivity contribution in [2.75, 3.05) is 25.1 Å². The van der Waals surface area contributed by atoms with Crippen molar-refractivity contribution in [3.63, 3.8) is 0 Å². The van der Waals surface area contributed by atoms with Crippen molar-refractivity contribution >= 4 is 17.5 Å². The minimum atomic E-state index is -0.255. The third-order valence-electron chi connectivity index (χ3n) is 4.51. The van der Waals surface area contributed by atoms with Crippen LogP contribution in [0.15, 0.2) is 48.5 Å². The van der Waals surface area contributed by atoms with Crippen molar-refractivity contribution < 1.29 is 23.8 Å². The molecule has 2 amide bonds. The van der Waals surface area contributed by atoms with E-state index in [-0.39, 0.29) is 30.4 Å². The largest absolute Gasteiger partial charge is 0.486 e. The molecule has 4 rings (SSSR count). The molecule has 1 unspecified atom stereocenters. The molecule has 0 saturated heterocycles. The summed E-state index contributed by atoms with van der Waals surface area (Å²) < 4.78 is 16.9. The van der Waals surface area contributed by atoms with Gasteiger partial charge >= 0.3 is 0 Å². The molecule has 0 spiro atoms. The van der Waals surface area contributed by atoms with Crippen molar-refractivity contribution in [3.05, 3.63) is 48.5 Å². The molecule has 0 radical (unpaired) electrons. The van der Waals surface area contributed by atoms with Crippen LogP contribution in [0.3, 0.4) is 0 Å². The lowest BCUT2D eigenvalue weighted by Gasteiger charge is -2.26. The second-order valence-corrected chi connectivity index (χ2v) is 6.88. The average Bonchev–Trinajstić information content (AvgIpc) is 3.56. The number of hydrogen-bond donors (Lipinski definition) is 2. The van der Waals surface area contributed by atoms with E-state index >= 15 is 0 Å². The number of anilines is 1. The minimum Gasteiger partial charge on any atom is -0.486 e. The Hall–Kier alpha value is -3.22. The molecular weight excluding hydrogens is 360 g/mol. The number of benzene rings is 2. The Labute approximate surface area is 163 Å². The molecule has 146 valence electrons. The molecule has 7 heteroatoms. The minimum absolute atomic E-state index is 0.0335. The molecule has 2 aromatic rings. The lowest BCUT2D eigenvalue weighted by molar-refractivity contribution is -0.123. The van der Waals surface area contributed by atoms with Crippen LogP contribution in [0.4, 0.5) is 5.69 Å². The summed E-state index contributed by atoms with van der Waals surface area (Å²) in [7, 11) is 0. The van der Waals surface area contributed by atoms with E-state index in [1.165, 1.54) is 0 Å². The molecule has 2 N–H and O–H groups in total. The van der Waals surface area contributed by atoms with Gasteiger partial charge in [-0.3, -0.25) is 9.59 Å². The van der Waals surface area contributed by atoms with Crippen molar-refractivity contribution in [2.45, 2.75) is 18.9 Å². The second kappa shape index (κ2) is 8.21. The van der Waals surface area contributed by atoms with Gasteiger partial charge in [0.25, 0.3) is 5.91 Å². The zero-order valence-corrected chi connectivity index (χ0v) is 15.4. The van der Waals surface area contributed by atoms with Gasteiger partial charge in [0.05, 0.1) is 6.54 Å². The SMILES string of the molecule is O=C(COc1cccc(NC(=O)C2CC2)c1)NCC1COc2ccccc2O1. The van der Waals surface area contributed by atoms with Crippen LogP contribution in [0.25, 0.3) is 0 Å². The van der Waals surface area contributed by atoms with E-state index in [0.717, 1.165) is 12.8 Å². The van der Waals surface area contributed by atoms with Crippen LogP contribution in [0.5, 0.6) is 17.2 Å². The van der Waals surface area contributed by atoms with Gasteiger partial charge in [0.1, 0.15) is 18.5 Å². The molecule has 1 aliphatic carbocycles. The highest BCUT2D eigenvalue weighted by Gasteiger charge is 2.29. The van der Waals surface area contributed by atoms with Crippen molar-refractivity contribution in [1.82, 2.24) is 5.32 Å². The van der Waals surface area contributed by atoms with Crippen LogP contribution in [0, 0.1) is 5.92 Å². The van der Waals surface area contributed by atoms with Crippen molar-refractivity contribution in [1.29, 1.82) is 0 Å². The van der Waals surface area contributed by atoms with Gasteiger partial charge in [0, 0.05) is 17.7 Å². The molecule has 0 aromatic heterocycles. The monoisotopic (exact) mass is 382 g/mol. The molecular formula is C21H22N2O5. The molecule has 1 atom stereocenters. The summed E-state index contributed by atoms with van der Waals surface area (Å²) in [5.41, 5.74) is 0.668. The van der Waals surface area contributed by atoms with Crippen molar-refractivity contribution in [3.8, 4) is 17.2 Å². The van der Waals surface area contributed by atoms with E-state index < -0.39 is 0 Å². The molecule has 28 heavy (non-hydrogen) atoms. The van der Waals surface area contributed by atoms with Crippen LogP contribution in [-0.4, -0.2) is 37.7 Å². The van der Waals surface area contributed by atoms with Gasteiger partial charge in [-0.05, 0) is 37.1 Å². The van der Waals surface area contributed by atoms with E-state index in [1.54, 1.807) is 24.3 Å². The van der Waals surface area contributed by atoms with Gasteiger partial charge in [0.2, 0.25) is 5.91 Å². The normalized spacial score (nSPS) is 17.5. The number of ether oxygens (including phenoxy) is 3. The van der Waals surface area contributed by atoms with Crippen LogP contribution in [-0.2, 0) is 9.59 Å². The molecule has 2 aromatic carbocycles. The fraction of sp³-hybridized carbons (Fsp3) is 0.333. The maximum absolute atomic E-state index is 12.1. The Bertz CT molecular complexity index is 865. The van der Waals surface area contributed by atoms with Crippen LogP contribution >= 0.6 is 0 Å². The zero-order valence-electron chi connectivity index (χ0n) is 15.4. The lowest BCUT2D eigenvalue weighted by Crippen LogP contribution is -2.42. The highest BCUT2D eigenvalue weighted by Crippen LogP contribution is 2.31. The van der Waals surface area contributed by atoms with E-state index in [1.807, 2.05) is 24.3 Å². The van der Waals surface area contributed by atoms with Gasteiger partial charge in [-0.25, -0.2) is 0 Å². The second-order valence-electron chi connectivity index (χ2n) is 6.88. The fourth-order valence-corrected chi connectivity index (χ4v) is 2.84. The maximum atomic E-state index is 12.1. The number of hydrogen-bond acceptors (Lipinski definition) is 5. The summed E-state index contributed by atoms with van der Waals surface area (Å²) in [6, 6.07) is 14.5. The third kappa shape index (κ3) is 4.73. The predicted octanol–water partition coefficient (Wildman–Crippen LogP) is 2.37. The summed E-state index contributed by atoms with van der Waals surface area (Å²) in [5, 5.41) is 5.64. The summed E-state index contributed by atoms with van der Waals surface area (Å²) in [4.78, 5) is 23.9. The molecule has 7 nitrogen and oxygen atoms in total. The first-order chi connectivity index (χ1) is 13.7. The number of amides is 2. The van der Waals surface area contributed by atoms with Crippen LogP contribution in [0.2, 0.25) is 0 Å². The van der Waals surface area contributed by atoms with Gasteiger partial charge in [-0.2, -0.15) is 0 Å². The fourth-order valence-electron chi connectivity index (χ4n) is 2.84. The smallest absolute Gasteiger partial charge is 0.258 e. The van der Waals surface area contributed by atoms with E-state index in [0.29, 0.717) is 36.1 Å². The Morgan fingerprint density at radius 3 is 2.71 bits per heavy atom. The quantitative estimate of drug-likeness (QED) is 0.768. The number of carbonyl (C=O) groups excluding carboxylic acids is 2. The number of para-hydroxylation sites is 2. The Morgan fingerprint density at radius 1 is 1.07 bits per heavy atom. The Morgan fingerprint density at radius 2 is 1.89 bits per heavy atom. The van der Waals surface area contributed by atoms with E-state index in [9.17, 15) is 9.59 Å². The highest BCUT2D eigenvalue weighted by atomic mass is 16.6. The molecule has 0 bridgehead atoms. The Kier molecular flexibility index (Phi) is 5.32. The Balaban J connectivity index is 1.21. The first-order valence-corrected chi connectivity index (χ1v) is 9.36. The summed E-state index contributed by atoms with van der Waals surface area (Å²) in [5.74, 6) is 1.82. The molecule has 2 aliphatic rings. The molecule has 1 heterocycles. The van der Waals surface area contributed by atoms with Gasteiger partial charge < -0.3 is 24.8 Å². The van der Waals surface area contributed by atoms with E-state index in [2.05, 4.69) is 10.6 Å².